The van der Waals surface area contributed by atoms with Crippen molar-refractivity contribution in [3.05, 3.63) is 30.1 Å². The Labute approximate surface area is 111 Å². The van der Waals surface area contributed by atoms with Gasteiger partial charge >= 0.3 is 0 Å². The Balaban J connectivity index is 1.96. The van der Waals surface area contributed by atoms with Crippen LogP contribution in [0, 0.1) is 17.8 Å². The second-order valence-electron chi connectivity index (χ2n) is 5.77. The van der Waals surface area contributed by atoms with Crippen molar-refractivity contribution in [1.82, 2.24) is 10.3 Å². The maximum Gasteiger partial charge on any atom is 0.0406 e. The lowest BCUT2D eigenvalue weighted by molar-refractivity contribution is 0.183. The monoisotopic (exact) mass is 246 g/mol. The van der Waals surface area contributed by atoms with Crippen molar-refractivity contribution < 1.29 is 0 Å². The van der Waals surface area contributed by atoms with Gasteiger partial charge in [-0.3, -0.25) is 4.98 Å². The minimum absolute atomic E-state index is 0.808. The van der Waals surface area contributed by atoms with Gasteiger partial charge in [0.25, 0.3) is 0 Å². The smallest absolute Gasteiger partial charge is 0.0406 e. The van der Waals surface area contributed by atoms with E-state index >= 15 is 0 Å². The lowest BCUT2D eigenvalue weighted by atomic mass is 9.72. The summed E-state index contributed by atoms with van der Waals surface area (Å²) in [5, 5.41) is 3.53. The molecule has 1 fully saturated rings. The standard InChI is InChI=1S/C16H26N2/c1-3-17-12-14-8-7-13(2)10-15(14)11-16-6-4-5-9-18-16/h4-6,9,13-15,17H,3,7-8,10-12H2,1-2H3. The predicted octanol–water partition coefficient (Wildman–Crippen LogP) is 3.29. The van der Waals surface area contributed by atoms with Crippen molar-refractivity contribution in [1.29, 1.82) is 0 Å². The first kappa shape index (κ1) is 13.5. The van der Waals surface area contributed by atoms with Crippen molar-refractivity contribution in [3.63, 3.8) is 0 Å². The Kier molecular flexibility index (Phi) is 5.18. The van der Waals surface area contributed by atoms with Gasteiger partial charge in [-0.05, 0) is 62.2 Å². The normalized spacial score (nSPS) is 28.2. The molecule has 3 atom stereocenters. The second kappa shape index (κ2) is 6.89. The average Bonchev–Trinajstić information content (AvgIpc) is 2.39. The zero-order valence-electron chi connectivity index (χ0n) is 11.7. The van der Waals surface area contributed by atoms with Crippen LogP contribution in [0.25, 0.3) is 0 Å². The molecule has 3 unspecified atom stereocenters. The molecule has 1 saturated carbocycles. The first-order valence-corrected chi connectivity index (χ1v) is 7.40. The van der Waals surface area contributed by atoms with Gasteiger partial charge in [0.2, 0.25) is 0 Å². The zero-order chi connectivity index (χ0) is 12.8. The highest BCUT2D eigenvalue weighted by atomic mass is 14.8. The number of pyridine rings is 1. The largest absolute Gasteiger partial charge is 0.317 e. The molecule has 1 N–H and O–H groups in total. The fourth-order valence-corrected chi connectivity index (χ4v) is 3.20. The molecule has 1 aliphatic carbocycles. The molecule has 18 heavy (non-hydrogen) atoms. The Hall–Kier alpha value is -0.890. The maximum absolute atomic E-state index is 4.49. The molecule has 2 heteroatoms. The van der Waals surface area contributed by atoms with Gasteiger partial charge in [-0.15, -0.1) is 0 Å². The van der Waals surface area contributed by atoms with Crippen LogP contribution < -0.4 is 5.32 Å². The van der Waals surface area contributed by atoms with E-state index < -0.39 is 0 Å². The Bertz CT molecular complexity index is 334. The molecule has 0 aromatic carbocycles. The van der Waals surface area contributed by atoms with Crippen LogP contribution in [0.5, 0.6) is 0 Å². The van der Waals surface area contributed by atoms with Gasteiger partial charge < -0.3 is 5.32 Å². The summed E-state index contributed by atoms with van der Waals surface area (Å²) in [4.78, 5) is 4.49. The van der Waals surface area contributed by atoms with Crippen LogP contribution in [-0.4, -0.2) is 18.1 Å². The Morgan fingerprint density at radius 2 is 2.17 bits per heavy atom. The van der Waals surface area contributed by atoms with Crippen LogP contribution in [0.4, 0.5) is 0 Å². The molecule has 1 aliphatic rings. The molecule has 100 valence electrons. The van der Waals surface area contributed by atoms with E-state index in [1.165, 1.54) is 31.5 Å². The summed E-state index contributed by atoms with van der Waals surface area (Å²) in [6, 6.07) is 6.28. The third-order valence-electron chi connectivity index (χ3n) is 4.26. The molecule has 0 saturated heterocycles. The number of aromatic nitrogens is 1. The van der Waals surface area contributed by atoms with E-state index in [0.717, 1.165) is 30.7 Å². The van der Waals surface area contributed by atoms with Gasteiger partial charge in [-0.2, -0.15) is 0 Å². The predicted molar refractivity (Wildman–Crippen MR) is 76.5 cm³/mol. The molecule has 0 bridgehead atoms. The van der Waals surface area contributed by atoms with Gasteiger partial charge in [-0.25, -0.2) is 0 Å². The van der Waals surface area contributed by atoms with E-state index in [0.29, 0.717) is 0 Å². The summed E-state index contributed by atoms with van der Waals surface area (Å²) < 4.78 is 0. The molecule has 1 aromatic heterocycles. The highest BCUT2D eigenvalue weighted by Crippen LogP contribution is 2.35. The lowest BCUT2D eigenvalue weighted by Crippen LogP contribution is -2.33. The van der Waals surface area contributed by atoms with Crippen LogP contribution in [-0.2, 0) is 6.42 Å². The number of nitrogens with one attached hydrogen (secondary N) is 1. The van der Waals surface area contributed by atoms with Crippen molar-refractivity contribution in [2.75, 3.05) is 13.1 Å². The first-order chi connectivity index (χ1) is 8.79. The molecule has 0 radical (unpaired) electrons. The van der Waals surface area contributed by atoms with E-state index in [1.54, 1.807) is 0 Å². The third-order valence-corrected chi connectivity index (χ3v) is 4.26. The van der Waals surface area contributed by atoms with Gasteiger partial charge in [0.1, 0.15) is 0 Å². The topological polar surface area (TPSA) is 24.9 Å². The Morgan fingerprint density at radius 1 is 1.28 bits per heavy atom. The van der Waals surface area contributed by atoms with Crippen molar-refractivity contribution >= 4 is 0 Å². The summed E-state index contributed by atoms with van der Waals surface area (Å²) >= 11 is 0. The maximum atomic E-state index is 4.49. The van der Waals surface area contributed by atoms with Gasteiger partial charge in [0.05, 0.1) is 0 Å². The SMILES string of the molecule is CCNCC1CCC(C)CC1Cc1ccccn1. The molecular weight excluding hydrogens is 220 g/mol. The molecule has 1 aromatic rings. The fraction of sp³-hybridized carbons (Fsp3) is 0.688. The van der Waals surface area contributed by atoms with Crippen LogP contribution in [0.3, 0.4) is 0 Å². The van der Waals surface area contributed by atoms with E-state index in [2.05, 4.69) is 36.3 Å². The summed E-state index contributed by atoms with van der Waals surface area (Å²) in [6.07, 6.45) is 7.22. The minimum Gasteiger partial charge on any atom is -0.317 e. The Morgan fingerprint density at radius 3 is 2.89 bits per heavy atom. The summed E-state index contributed by atoms with van der Waals surface area (Å²) in [5.74, 6) is 2.53. The first-order valence-electron chi connectivity index (χ1n) is 7.40. The second-order valence-corrected chi connectivity index (χ2v) is 5.77. The minimum atomic E-state index is 0.808. The zero-order valence-corrected chi connectivity index (χ0v) is 11.7. The highest BCUT2D eigenvalue weighted by molar-refractivity contribution is 5.05. The third kappa shape index (κ3) is 3.81. The quantitative estimate of drug-likeness (QED) is 0.862. The van der Waals surface area contributed by atoms with Gasteiger partial charge in [0, 0.05) is 11.9 Å². The van der Waals surface area contributed by atoms with E-state index in [9.17, 15) is 0 Å². The number of rotatable bonds is 5. The molecular formula is C16H26N2. The van der Waals surface area contributed by atoms with Crippen LogP contribution >= 0.6 is 0 Å². The molecule has 0 aliphatic heterocycles. The lowest BCUT2D eigenvalue weighted by Gasteiger charge is -2.35. The summed E-state index contributed by atoms with van der Waals surface area (Å²) in [5.41, 5.74) is 1.26. The highest BCUT2D eigenvalue weighted by Gasteiger charge is 2.28. The summed E-state index contributed by atoms with van der Waals surface area (Å²) in [6.45, 7) is 6.86. The van der Waals surface area contributed by atoms with E-state index in [4.69, 9.17) is 0 Å². The molecule has 1 heterocycles. The number of hydrogen-bond acceptors (Lipinski definition) is 2. The van der Waals surface area contributed by atoms with Crippen LogP contribution in [0.1, 0.15) is 38.8 Å². The van der Waals surface area contributed by atoms with Gasteiger partial charge in [-0.1, -0.05) is 26.3 Å². The van der Waals surface area contributed by atoms with Crippen molar-refractivity contribution in [2.24, 2.45) is 17.8 Å². The molecule has 0 amide bonds. The molecule has 2 rings (SSSR count). The van der Waals surface area contributed by atoms with Crippen LogP contribution in [0.15, 0.2) is 24.4 Å². The van der Waals surface area contributed by atoms with Crippen molar-refractivity contribution in [2.45, 2.75) is 39.5 Å². The van der Waals surface area contributed by atoms with E-state index in [-0.39, 0.29) is 0 Å². The van der Waals surface area contributed by atoms with Crippen LogP contribution in [0.2, 0.25) is 0 Å². The van der Waals surface area contributed by atoms with Crippen molar-refractivity contribution in [3.8, 4) is 0 Å². The summed E-state index contributed by atoms with van der Waals surface area (Å²) in [7, 11) is 0. The van der Waals surface area contributed by atoms with Gasteiger partial charge in [0.15, 0.2) is 0 Å². The average molecular weight is 246 g/mol. The van der Waals surface area contributed by atoms with E-state index in [1.807, 2.05) is 12.3 Å². The number of hydrogen-bond donors (Lipinski definition) is 1. The molecule has 2 nitrogen and oxygen atoms in total. The number of nitrogens with zero attached hydrogens (tertiary/aromatic N) is 1. The fourth-order valence-electron chi connectivity index (χ4n) is 3.20. The molecule has 0 spiro atoms.